The van der Waals surface area contributed by atoms with Gasteiger partial charge in [-0.1, -0.05) is 11.8 Å². The highest BCUT2D eigenvalue weighted by molar-refractivity contribution is 9.10. The molecular formula is C21H23BrN2O4S. The van der Waals surface area contributed by atoms with E-state index in [9.17, 15) is 4.79 Å². The standard InChI is InChI=1S/C21H23BrN2O4S/c1-26-15-7-5-14(6-8-15)24(21-23-9-4-10-29-21)13-18(25)16-11-17(22)20(28-3)12-19(16)27-2/h5-8,11-12H,4,9-10,13H2,1-3H3. The molecule has 154 valence electrons. The smallest absolute Gasteiger partial charge is 0.186 e. The molecule has 0 fully saturated rings. The van der Waals surface area contributed by atoms with E-state index in [1.165, 1.54) is 0 Å². The number of hydrogen-bond acceptors (Lipinski definition) is 7. The predicted molar refractivity (Wildman–Crippen MR) is 121 cm³/mol. The number of rotatable bonds is 7. The minimum Gasteiger partial charge on any atom is -0.497 e. The largest absolute Gasteiger partial charge is 0.497 e. The van der Waals surface area contributed by atoms with Crippen LogP contribution in [0.25, 0.3) is 0 Å². The first-order valence-electron chi connectivity index (χ1n) is 9.11. The van der Waals surface area contributed by atoms with Crippen LogP contribution >= 0.6 is 27.7 Å². The molecule has 0 atom stereocenters. The highest BCUT2D eigenvalue weighted by atomic mass is 79.9. The van der Waals surface area contributed by atoms with Crippen LogP contribution in [0.1, 0.15) is 16.8 Å². The monoisotopic (exact) mass is 478 g/mol. The summed E-state index contributed by atoms with van der Waals surface area (Å²) in [6.07, 6.45) is 1.04. The van der Waals surface area contributed by atoms with E-state index in [1.54, 1.807) is 45.2 Å². The van der Waals surface area contributed by atoms with Crippen LogP contribution in [-0.4, -0.2) is 51.1 Å². The summed E-state index contributed by atoms with van der Waals surface area (Å²) in [6.45, 7) is 0.911. The molecule has 2 aromatic carbocycles. The SMILES string of the molecule is COc1ccc(N(CC(=O)c2cc(Br)c(OC)cc2OC)C2=NCCCS2)cc1. The Hall–Kier alpha value is -2.19. The minimum atomic E-state index is -0.0742. The van der Waals surface area contributed by atoms with Crippen LogP contribution in [0.2, 0.25) is 0 Å². The van der Waals surface area contributed by atoms with Gasteiger partial charge in [-0.3, -0.25) is 9.79 Å². The van der Waals surface area contributed by atoms with E-state index in [0.29, 0.717) is 21.5 Å². The lowest BCUT2D eigenvalue weighted by molar-refractivity contribution is 0.0999. The summed E-state index contributed by atoms with van der Waals surface area (Å²) in [5.74, 6) is 2.76. The van der Waals surface area contributed by atoms with Gasteiger partial charge < -0.3 is 19.1 Å². The van der Waals surface area contributed by atoms with Gasteiger partial charge in [-0.2, -0.15) is 0 Å². The summed E-state index contributed by atoms with van der Waals surface area (Å²) in [5, 5.41) is 0.848. The Morgan fingerprint density at radius 2 is 1.83 bits per heavy atom. The summed E-state index contributed by atoms with van der Waals surface area (Å²) in [7, 11) is 4.75. The fourth-order valence-electron chi connectivity index (χ4n) is 2.95. The van der Waals surface area contributed by atoms with Gasteiger partial charge >= 0.3 is 0 Å². The van der Waals surface area contributed by atoms with Crippen molar-refractivity contribution in [2.75, 3.05) is 45.1 Å². The molecule has 0 aromatic heterocycles. The van der Waals surface area contributed by atoms with Crippen LogP contribution < -0.4 is 19.1 Å². The number of anilines is 1. The van der Waals surface area contributed by atoms with Crippen molar-refractivity contribution in [2.45, 2.75) is 6.42 Å². The molecule has 0 N–H and O–H groups in total. The van der Waals surface area contributed by atoms with Crippen LogP contribution in [-0.2, 0) is 0 Å². The summed E-state index contributed by atoms with van der Waals surface area (Å²) < 4.78 is 16.7. The number of benzene rings is 2. The van der Waals surface area contributed by atoms with Gasteiger partial charge in [0.2, 0.25) is 0 Å². The third-order valence-electron chi connectivity index (χ3n) is 4.47. The fraction of sp³-hybridized carbons (Fsp3) is 0.333. The molecular weight excluding hydrogens is 456 g/mol. The molecule has 1 aliphatic heterocycles. The number of ketones is 1. The molecule has 1 aliphatic rings. The van der Waals surface area contributed by atoms with Gasteiger partial charge in [-0.15, -0.1) is 0 Å². The molecule has 6 nitrogen and oxygen atoms in total. The summed E-state index contributed by atoms with van der Waals surface area (Å²) in [4.78, 5) is 19.8. The Labute approximate surface area is 183 Å². The average Bonchev–Trinajstić information content (AvgIpc) is 2.77. The quantitative estimate of drug-likeness (QED) is 0.539. The van der Waals surface area contributed by atoms with E-state index in [-0.39, 0.29) is 12.3 Å². The number of amidine groups is 1. The Morgan fingerprint density at radius 3 is 2.41 bits per heavy atom. The first kappa shape index (κ1) is 21.5. The molecule has 3 rings (SSSR count). The van der Waals surface area contributed by atoms with E-state index in [1.807, 2.05) is 29.2 Å². The van der Waals surface area contributed by atoms with Crippen molar-refractivity contribution in [2.24, 2.45) is 4.99 Å². The molecule has 0 radical (unpaired) electrons. The van der Waals surface area contributed by atoms with Crippen molar-refractivity contribution in [1.82, 2.24) is 0 Å². The first-order valence-corrected chi connectivity index (χ1v) is 10.9. The van der Waals surface area contributed by atoms with Crippen LogP contribution in [0.15, 0.2) is 45.9 Å². The van der Waals surface area contributed by atoms with Crippen LogP contribution in [0.5, 0.6) is 17.2 Å². The number of carbonyl (C=O) groups excluding carboxylic acids is 1. The number of ether oxygens (including phenoxy) is 3. The fourth-order valence-corrected chi connectivity index (χ4v) is 4.42. The van der Waals surface area contributed by atoms with Crippen molar-refractivity contribution in [3.8, 4) is 17.2 Å². The van der Waals surface area contributed by atoms with E-state index < -0.39 is 0 Å². The highest BCUT2D eigenvalue weighted by Gasteiger charge is 2.23. The molecule has 2 aromatic rings. The highest BCUT2D eigenvalue weighted by Crippen LogP contribution is 2.34. The van der Waals surface area contributed by atoms with E-state index >= 15 is 0 Å². The first-order chi connectivity index (χ1) is 14.1. The number of carbonyl (C=O) groups is 1. The molecule has 8 heteroatoms. The second-order valence-electron chi connectivity index (χ2n) is 6.26. The lowest BCUT2D eigenvalue weighted by atomic mass is 10.1. The van der Waals surface area contributed by atoms with E-state index in [0.717, 1.165) is 35.3 Å². The number of hydrogen-bond donors (Lipinski definition) is 0. The maximum Gasteiger partial charge on any atom is 0.186 e. The van der Waals surface area contributed by atoms with Crippen molar-refractivity contribution in [1.29, 1.82) is 0 Å². The lowest BCUT2D eigenvalue weighted by Crippen LogP contribution is -2.35. The molecule has 29 heavy (non-hydrogen) atoms. The molecule has 0 aliphatic carbocycles. The van der Waals surface area contributed by atoms with Gasteiger partial charge in [0.1, 0.15) is 17.2 Å². The van der Waals surface area contributed by atoms with Crippen molar-refractivity contribution >= 4 is 44.3 Å². The van der Waals surface area contributed by atoms with Crippen LogP contribution in [0, 0.1) is 0 Å². The topological polar surface area (TPSA) is 60.4 Å². The number of methoxy groups -OCH3 is 3. The van der Waals surface area contributed by atoms with E-state index in [2.05, 4.69) is 20.9 Å². The van der Waals surface area contributed by atoms with Crippen molar-refractivity contribution in [3.63, 3.8) is 0 Å². The second-order valence-corrected chi connectivity index (χ2v) is 8.18. The number of thioether (sulfide) groups is 1. The zero-order valence-electron chi connectivity index (χ0n) is 16.6. The summed E-state index contributed by atoms with van der Waals surface area (Å²) >= 11 is 5.12. The molecule has 0 unspecified atom stereocenters. The Bertz CT molecular complexity index is 902. The second kappa shape index (κ2) is 10.0. The zero-order valence-corrected chi connectivity index (χ0v) is 19.0. The lowest BCUT2D eigenvalue weighted by Gasteiger charge is -2.27. The number of aliphatic imine (C=N–C) groups is 1. The van der Waals surface area contributed by atoms with Crippen molar-refractivity contribution < 1.29 is 19.0 Å². The Morgan fingerprint density at radius 1 is 1.10 bits per heavy atom. The Kier molecular flexibility index (Phi) is 7.44. The third kappa shape index (κ3) is 5.05. The Balaban J connectivity index is 1.94. The van der Waals surface area contributed by atoms with Gasteiger partial charge in [0.25, 0.3) is 0 Å². The van der Waals surface area contributed by atoms with E-state index in [4.69, 9.17) is 14.2 Å². The molecule has 0 saturated carbocycles. The molecule has 1 heterocycles. The maximum absolute atomic E-state index is 13.3. The van der Waals surface area contributed by atoms with Gasteiger partial charge in [0, 0.05) is 24.1 Å². The summed E-state index contributed by atoms with van der Waals surface area (Å²) in [6, 6.07) is 11.1. The zero-order chi connectivity index (χ0) is 20.8. The van der Waals surface area contributed by atoms with Gasteiger partial charge in [0.15, 0.2) is 11.0 Å². The molecule has 0 amide bonds. The van der Waals surface area contributed by atoms with Crippen LogP contribution in [0.4, 0.5) is 5.69 Å². The van der Waals surface area contributed by atoms with Gasteiger partial charge in [-0.05, 0) is 52.7 Å². The predicted octanol–water partition coefficient (Wildman–Crippen LogP) is 4.66. The van der Waals surface area contributed by atoms with Gasteiger partial charge in [0.05, 0.1) is 37.9 Å². The summed E-state index contributed by atoms with van der Waals surface area (Å²) in [5.41, 5.74) is 1.37. The van der Waals surface area contributed by atoms with Crippen LogP contribution in [0.3, 0.4) is 0 Å². The maximum atomic E-state index is 13.3. The van der Waals surface area contributed by atoms with Gasteiger partial charge in [-0.25, -0.2) is 0 Å². The third-order valence-corrected chi connectivity index (χ3v) is 6.19. The van der Waals surface area contributed by atoms with Crippen molar-refractivity contribution in [3.05, 3.63) is 46.4 Å². The number of halogens is 1. The normalized spacial score (nSPS) is 13.4. The number of nitrogens with zero attached hydrogens (tertiary/aromatic N) is 2. The molecule has 0 spiro atoms. The minimum absolute atomic E-state index is 0.0742. The molecule has 0 saturated heterocycles. The number of Topliss-reactive ketones (excluding diaryl/α,β-unsaturated/α-hetero) is 1. The average molecular weight is 479 g/mol. The molecule has 0 bridgehead atoms.